The number of carbonyl (C=O) groups is 1. The van der Waals surface area contributed by atoms with Gasteiger partial charge < -0.3 is 28.8 Å². The summed E-state index contributed by atoms with van der Waals surface area (Å²) in [4.78, 5) is 11.6. The molecule has 0 spiro atoms. The molecule has 0 fully saturated rings. The van der Waals surface area contributed by atoms with Crippen LogP contribution in [0, 0.1) is 6.92 Å². The number of aryl methyl sites for hydroxylation is 1. The minimum absolute atomic E-state index is 0. The van der Waals surface area contributed by atoms with E-state index in [9.17, 15) is 4.79 Å². The Hall–Kier alpha value is -2.12. The lowest BCUT2D eigenvalue weighted by atomic mass is 10.1. The normalized spacial score (nSPS) is 9.95. The van der Waals surface area contributed by atoms with E-state index in [0.717, 1.165) is 6.54 Å². The number of nitrogens with zero attached hydrogens (tertiary/aromatic N) is 2. The van der Waals surface area contributed by atoms with Gasteiger partial charge in [-0.25, -0.2) is 4.63 Å². The SMILES string of the molecule is Cc1ccc(CNCCNC(=O)c2nonc2N)cc1.[Cl-]. The maximum Gasteiger partial charge on any atom is 0.277 e. The number of nitrogens with one attached hydrogen (secondary N) is 2. The lowest BCUT2D eigenvalue weighted by Gasteiger charge is -2.06. The quantitative estimate of drug-likeness (QED) is 0.509. The number of nitrogens with two attached hydrogens (primary N) is 1. The van der Waals surface area contributed by atoms with Crippen molar-refractivity contribution in [3.05, 3.63) is 41.1 Å². The molecule has 0 aliphatic heterocycles. The van der Waals surface area contributed by atoms with Crippen molar-refractivity contribution >= 4 is 11.7 Å². The Kier molecular flexibility index (Phi) is 6.64. The minimum Gasteiger partial charge on any atom is -1.00 e. The van der Waals surface area contributed by atoms with Gasteiger partial charge in [-0.3, -0.25) is 4.79 Å². The Morgan fingerprint density at radius 1 is 1.24 bits per heavy atom. The third-order valence-corrected chi connectivity index (χ3v) is 2.77. The molecule has 1 amide bonds. The number of anilines is 1. The van der Waals surface area contributed by atoms with Gasteiger partial charge in [0.2, 0.25) is 11.5 Å². The van der Waals surface area contributed by atoms with Crippen molar-refractivity contribution in [2.45, 2.75) is 13.5 Å². The molecule has 0 aliphatic rings. The van der Waals surface area contributed by atoms with Crippen LogP contribution in [-0.4, -0.2) is 29.3 Å². The van der Waals surface area contributed by atoms with Gasteiger partial charge in [-0.05, 0) is 22.8 Å². The number of hydrogen-bond acceptors (Lipinski definition) is 6. The number of amides is 1. The molecule has 4 N–H and O–H groups in total. The molecule has 2 aromatic rings. The van der Waals surface area contributed by atoms with Gasteiger partial charge in [0.15, 0.2) is 0 Å². The maximum atomic E-state index is 11.6. The van der Waals surface area contributed by atoms with Crippen LogP contribution in [0.4, 0.5) is 5.82 Å². The lowest BCUT2D eigenvalue weighted by Crippen LogP contribution is -3.00. The first-order valence-electron chi connectivity index (χ1n) is 6.29. The van der Waals surface area contributed by atoms with Crippen molar-refractivity contribution in [2.24, 2.45) is 0 Å². The number of carbonyl (C=O) groups excluding carboxylic acids is 1. The van der Waals surface area contributed by atoms with Crippen molar-refractivity contribution in [3.63, 3.8) is 0 Å². The smallest absolute Gasteiger partial charge is 0.277 e. The predicted octanol–water partition coefficient (Wildman–Crippen LogP) is -2.52. The zero-order chi connectivity index (χ0) is 14.4. The van der Waals surface area contributed by atoms with Crippen LogP contribution in [0.2, 0.25) is 0 Å². The van der Waals surface area contributed by atoms with E-state index in [1.165, 1.54) is 11.1 Å². The molecule has 0 unspecified atom stereocenters. The molecule has 0 radical (unpaired) electrons. The monoisotopic (exact) mass is 310 g/mol. The molecule has 0 bridgehead atoms. The van der Waals surface area contributed by atoms with Crippen LogP contribution in [0.1, 0.15) is 21.6 Å². The van der Waals surface area contributed by atoms with Crippen molar-refractivity contribution in [1.82, 2.24) is 20.9 Å². The minimum atomic E-state index is -0.388. The zero-order valence-corrected chi connectivity index (χ0v) is 12.4. The number of nitrogen functional groups attached to an aromatic ring is 1. The van der Waals surface area contributed by atoms with Gasteiger partial charge in [-0.15, -0.1) is 0 Å². The van der Waals surface area contributed by atoms with Gasteiger partial charge in [0.25, 0.3) is 5.91 Å². The molecule has 0 atom stereocenters. The molecule has 1 aromatic heterocycles. The summed E-state index contributed by atoms with van der Waals surface area (Å²) in [6, 6.07) is 8.28. The highest BCUT2D eigenvalue weighted by Gasteiger charge is 2.14. The van der Waals surface area contributed by atoms with Gasteiger partial charge in [0.1, 0.15) is 0 Å². The van der Waals surface area contributed by atoms with Crippen molar-refractivity contribution in [1.29, 1.82) is 0 Å². The van der Waals surface area contributed by atoms with Crippen LogP contribution in [0.15, 0.2) is 28.9 Å². The molecule has 0 saturated carbocycles. The summed E-state index contributed by atoms with van der Waals surface area (Å²) in [6.07, 6.45) is 0. The van der Waals surface area contributed by atoms with Crippen LogP contribution in [0.5, 0.6) is 0 Å². The van der Waals surface area contributed by atoms with Crippen LogP contribution in [-0.2, 0) is 6.54 Å². The highest BCUT2D eigenvalue weighted by Crippen LogP contribution is 2.03. The average molecular weight is 311 g/mol. The molecule has 2 rings (SSSR count). The summed E-state index contributed by atoms with van der Waals surface area (Å²) in [5, 5.41) is 12.7. The first kappa shape index (κ1) is 16.9. The molecule has 21 heavy (non-hydrogen) atoms. The second-order valence-electron chi connectivity index (χ2n) is 4.42. The molecule has 8 heteroatoms. The highest BCUT2D eigenvalue weighted by molar-refractivity contribution is 5.95. The molecular formula is C13H17ClN5O2-. The summed E-state index contributed by atoms with van der Waals surface area (Å²) < 4.78 is 4.36. The third-order valence-electron chi connectivity index (χ3n) is 2.77. The van der Waals surface area contributed by atoms with Gasteiger partial charge >= 0.3 is 0 Å². The number of halogens is 1. The summed E-state index contributed by atoms with van der Waals surface area (Å²) in [5.74, 6) is -0.393. The zero-order valence-electron chi connectivity index (χ0n) is 11.6. The van der Waals surface area contributed by atoms with Gasteiger partial charge in [-0.2, -0.15) is 0 Å². The van der Waals surface area contributed by atoms with E-state index in [0.29, 0.717) is 13.1 Å². The Morgan fingerprint density at radius 3 is 2.57 bits per heavy atom. The molecule has 7 nitrogen and oxygen atoms in total. The summed E-state index contributed by atoms with van der Waals surface area (Å²) in [6.45, 7) is 3.92. The highest BCUT2D eigenvalue weighted by atomic mass is 35.5. The molecule has 1 heterocycles. The van der Waals surface area contributed by atoms with E-state index in [2.05, 4.69) is 56.8 Å². The van der Waals surface area contributed by atoms with Crippen molar-refractivity contribution in [3.8, 4) is 0 Å². The predicted molar refractivity (Wildman–Crippen MR) is 73.9 cm³/mol. The van der Waals surface area contributed by atoms with Crippen molar-refractivity contribution < 1.29 is 21.8 Å². The van der Waals surface area contributed by atoms with Gasteiger partial charge in [0, 0.05) is 19.6 Å². The van der Waals surface area contributed by atoms with E-state index in [1.54, 1.807) is 0 Å². The standard InChI is InChI=1S/C13H17N5O2.ClH/c1-9-2-4-10(5-3-9)8-15-6-7-16-13(19)11-12(14)18-20-17-11;/h2-5,15H,6-8H2,1H3,(H2,14,18)(H,16,19);1H/p-1. The number of rotatable bonds is 6. The fourth-order valence-electron chi connectivity index (χ4n) is 1.64. The van der Waals surface area contributed by atoms with Gasteiger partial charge in [-0.1, -0.05) is 29.8 Å². The largest absolute Gasteiger partial charge is 1.00 e. The van der Waals surface area contributed by atoms with Crippen LogP contribution in [0.25, 0.3) is 0 Å². The fourth-order valence-corrected chi connectivity index (χ4v) is 1.64. The summed E-state index contributed by atoms with van der Waals surface area (Å²) in [7, 11) is 0. The first-order valence-corrected chi connectivity index (χ1v) is 6.29. The van der Waals surface area contributed by atoms with E-state index in [4.69, 9.17) is 5.73 Å². The number of hydrogen-bond donors (Lipinski definition) is 3. The molecule has 0 saturated heterocycles. The van der Waals surface area contributed by atoms with Crippen LogP contribution < -0.4 is 28.8 Å². The first-order chi connectivity index (χ1) is 9.66. The molecule has 1 aromatic carbocycles. The van der Waals surface area contributed by atoms with Crippen molar-refractivity contribution in [2.75, 3.05) is 18.8 Å². The molecular weight excluding hydrogens is 294 g/mol. The van der Waals surface area contributed by atoms with Gasteiger partial charge in [0.05, 0.1) is 0 Å². The maximum absolute atomic E-state index is 11.6. The Morgan fingerprint density at radius 2 is 1.95 bits per heavy atom. The topological polar surface area (TPSA) is 106 Å². The second kappa shape index (κ2) is 8.23. The lowest BCUT2D eigenvalue weighted by molar-refractivity contribution is -0.0000131. The van der Waals surface area contributed by atoms with Crippen LogP contribution in [0.3, 0.4) is 0 Å². The third kappa shape index (κ3) is 5.05. The fraction of sp³-hybridized carbons (Fsp3) is 0.308. The summed E-state index contributed by atoms with van der Waals surface area (Å²) >= 11 is 0. The van der Waals surface area contributed by atoms with Crippen LogP contribution >= 0.6 is 0 Å². The van der Waals surface area contributed by atoms with E-state index in [-0.39, 0.29) is 29.8 Å². The van der Waals surface area contributed by atoms with E-state index in [1.807, 2.05) is 0 Å². The van der Waals surface area contributed by atoms with E-state index < -0.39 is 0 Å². The Balaban J connectivity index is 0.00000220. The molecule has 114 valence electrons. The average Bonchev–Trinajstić information content (AvgIpc) is 2.86. The Labute approximate surface area is 128 Å². The number of aromatic nitrogens is 2. The number of benzene rings is 1. The summed E-state index contributed by atoms with van der Waals surface area (Å²) in [5.41, 5.74) is 7.87. The van der Waals surface area contributed by atoms with E-state index >= 15 is 0 Å². The molecule has 0 aliphatic carbocycles. The Bertz CT molecular complexity index is 570. The second-order valence-corrected chi connectivity index (χ2v) is 4.42.